The number of rotatable bonds is 8. The average molecular weight is 436 g/mol. The van der Waals surface area contributed by atoms with Gasteiger partial charge in [-0.1, -0.05) is 30.3 Å². The van der Waals surface area contributed by atoms with Crippen LogP contribution in [0.15, 0.2) is 53.9 Å². The number of non-ortho nitro benzene ring substituents is 1. The van der Waals surface area contributed by atoms with Gasteiger partial charge < -0.3 is 4.90 Å². The van der Waals surface area contributed by atoms with Crippen molar-refractivity contribution in [3.05, 3.63) is 75.2 Å². The van der Waals surface area contributed by atoms with Crippen LogP contribution in [0.2, 0.25) is 0 Å². The predicted molar refractivity (Wildman–Crippen MR) is 125 cm³/mol. The maximum atomic E-state index is 11.6. The largest absolute Gasteiger partial charge is 0.301 e. The third-order valence-corrected chi connectivity index (χ3v) is 6.81. The number of nitro groups is 1. The molecular formula is C24H25N3O3S. The number of allylic oxidation sites excluding steroid dienone is 1. The smallest absolute Gasteiger partial charge is 0.269 e. The van der Waals surface area contributed by atoms with Gasteiger partial charge in [0.1, 0.15) is 5.94 Å². The SMILES string of the molecule is O=C=C(CCCN1CCN(Cc2ccc([N+](=O)[O-])cc2)CC1)c1csc2ccccc12. The number of fused-ring (bicyclic) bond motifs is 1. The first kappa shape index (κ1) is 21.4. The van der Waals surface area contributed by atoms with Gasteiger partial charge in [-0.25, -0.2) is 4.79 Å². The summed E-state index contributed by atoms with van der Waals surface area (Å²) in [5.74, 6) is 2.18. The van der Waals surface area contributed by atoms with Crippen LogP contribution in [-0.2, 0) is 11.3 Å². The van der Waals surface area contributed by atoms with Crippen LogP contribution >= 0.6 is 11.3 Å². The number of nitro benzene ring substituents is 1. The summed E-state index contributed by atoms with van der Waals surface area (Å²) in [5, 5.41) is 14.0. The molecule has 0 N–H and O–H groups in total. The fourth-order valence-corrected chi connectivity index (χ4v) is 5.06. The quantitative estimate of drug-likeness (QED) is 0.293. The lowest BCUT2D eigenvalue weighted by Crippen LogP contribution is -2.46. The fourth-order valence-electron chi connectivity index (χ4n) is 4.08. The topological polar surface area (TPSA) is 66.7 Å². The Labute approximate surface area is 185 Å². The zero-order valence-corrected chi connectivity index (χ0v) is 18.1. The molecule has 2 aromatic carbocycles. The Morgan fingerprint density at radius 1 is 1.03 bits per heavy atom. The highest BCUT2D eigenvalue weighted by Gasteiger charge is 2.18. The highest BCUT2D eigenvalue weighted by Crippen LogP contribution is 2.31. The van der Waals surface area contributed by atoms with E-state index in [0.29, 0.717) is 0 Å². The second kappa shape index (κ2) is 9.98. The summed E-state index contributed by atoms with van der Waals surface area (Å²) in [4.78, 5) is 26.8. The molecule has 160 valence electrons. The van der Waals surface area contributed by atoms with Crippen LogP contribution in [-0.4, -0.2) is 53.4 Å². The van der Waals surface area contributed by atoms with Gasteiger partial charge in [-0.2, -0.15) is 0 Å². The highest BCUT2D eigenvalue weighted by atomic mass is 32.1. The molecule has 1 aromatic heterocycles. The molecule has 0 atom stereocenters. The van der Waals surface area contributed by atoms with E-state index in [4.69, 9.17) is 0 Å². The van der Waals surface area contributed by atoms with Crippen LogP contribution < -0.4 is 0 Å². The molecule has 1 aliphatic heterocycles. The predicted octanol–water partition coefficient (Wildman–Crippen LogP) is 4.62. The monoisotopic (exact) mass is 435 g/mol. The Morgan fingerprint density at radius 3 is 2.45 bits per heavy atom. The van der Waals surface area contributed by atoms with E-state index in [2.05, 4.69) is 33.3 Å². The summed E-state index contributed by atoms with van der Waals surface area (Å²) in [7, 11) is 0. The van der Waals surface area contributed by atoms with E-state index >= 15 is 0 Å². The van der Waals surface area contributed by atoms with Gasteiger partial charge in [-0.05, 0) is 31.0 Å². The van der Waals surface area contributed by atoms with Crippen LogP contribution in [0.25, 0.3) is 15.7 Å². The summed E-state index contributed by atoms with van der Waals surface area (Å²) in [6, 6.07) is 15.0. The Bertz CT molecular complexity index is 1090. The number of piperazine rings is 1. The number of hydrogen-bond acceptors (Lipinski definition) is 6. The molecule has 0 aliphatic carbocycles. The van der Waals surface area contributed by atoms with Gasteiger partial charge in [-0.15, -0.1) is 11.3 Å². The van der Waals surface area contributed by atoms with E-state index < -0.39 is 0 Å². The molecule has 3 aromatic rings. The minimum absolute atomic E-state index is 0.132. The zero-order chi connectivity index (χ0) is 21.6. The molecule has 0 radical (unpaired) electrons. The van der Waals surface area contributed by atoms with Gasteiger partial charge in [0.15, 0.2) is 0 Å². The van der Waals surface area contributed by atoms with Gasteiger partial charge in [0.05, 0.1) is 4.92 Å². The standard InChI is InChI=1S/C24H25N3O3S/c28-17-20(23-18-31-24-6-2-1-5-22(23)24)4-3-11-25-12-14-26(15-13-25)16-19-7-9-21(10-8-19)27(29)30/h1-2,5-10,18H,3-4,11-16H2. The summed E-state index contributed by atoms with van der Waals surface area (Å²) >= 11 is 1.67. The zero-order valence-electron chi connectivity index (χ0n) is 17.3. The molecule has 1 aliphatic rings. The van der Waals surface area contributed by atoms with E-state index in [0.717, 1.165) is 74.2 Å². The van der Waals surface area contributed by atoms with Gasteiger partial charge in [-0.3, -0.25) is 15.0 Å². The molecule has 1 fully saturated rings. The van der Waals surface area contributed by atoms with E-state index in [1.165, 1.54) is 4.70 Å². The van der Waals surface area contributed by atoms with Crippen molar-refractivity contribution in [1.29, 1.82) is 0 Å². The van der Waals surface area contributed by atoms with Crippen molar-refractivity contribution in [1.82, 2.24) is 9.80 Å². The lowest BCUT2D eigenvalue weighted by molar-refractivity contribution is -0.384. The maximum Gasteiger partial charge on any atom is 0.269 e. The van der Waals surface area contributed by atoms with Gasteiger partial charge in [0.25, 0.3) is 5.69 Å². The molecule has 0 amide bonds. The second-order valence-electron chi connectivity index (χ2n) is 7.87. The lowest BCUT2D eigenvalue weighted by atomic mass is 10.0. The number of hydrogen-bond donors (Lipinski definition) is 0. The molecule has 0 unspecified atom stereocenters. The lowest BCUT2D eigenvalue weighted by Gasteiger charge is -2.34. The van der Waals surface area contributed by atoms with Crippen molar-refractivity contribution in [3.8, 4) is 0 Å². The van der Waals surface area contributed by atoms with Crippen molar-refractivity contribution in [3.63, 3.8) is 0 Å². The van der Waals surface area contributed by atoms with E-state index in [9.17, 15) is 14.9 Å². The van der Waals surface area contributed by atoms with E-state index in [1.54, 1.807) is 23.5 Å². The number of thiophene rings is 1. The van der Waals surface area contributed by atoms with E-state index in [1.807, 2.05) is 24.3 Å². The Hall–Kier alpha value is -2.83. The van der Waals surface area contributed by atoms with Crippen LogP contribution in [0.1, 0.15) is 24.0 Å². The van der Waals surface area contributed by atoms with Crippen molar-refractivity contribution < 1.29 is 9.72 Å². The molecule has 0 bridgehead atoms. The van der Waals surface area contributed by atoms with Crippen molar-refractivity contribution >= 4 is 38.6 Å². The van der Waals surface area contributed by atoms with Crippen LogP contribution in [0.5, 0.6) is 0 Å². The Balaban J connectivity index is 1.23. The van der Waals surface area contributed by atoms with E-state index in [-0.39, 0.29) is 10.6 Å². The van der Waals surface area contributed by atoms with Crippen molar-refractivity contribution in [2.75, 3.05) is 32.7 Å². The molecule has 4 rings (SSSR count). The maximum absolute atomic E-state index is 11.6. The highest BCUT2D eigenvalue weighted by molar-refractivity contribution is 7.17. The molecule has 1 saturated heterocycles. The van der Waals surface area contributed by atoms with Crippen LogP contribution in [0.3, 0.4) is 0 Å². The minimum atomic E-state index is -0.366. The first-order valence-corrected chi connectivity index (χ1v) is 11.4. The molecule has 0 spiro atoms. The number of nitrogens with zero attached hydrogens (tertiary/aromatic N) is 3. The Morgan fingerprint density at radius 2 is 1.74 bits per heavy atom. The third kappa shape index (κ3) is 5.27. The van der Waals surface area contributed by atoms with Crippen molar-refractivity contribution in [2.45, 2.75) is 19.4 Å². The van der Waals surface area contributed by atoms with Gasteiger partial charge >= 0.3 is 0 Å². The second-order valence-corrected chi connectivity index (χ2v) is 8.78. The van der Waals surface area contributed by atoms with Gasteiger partial charge in [0, 0.05) is 71.5 Å². The summed E-state index contributed by atoms with van der Waals surface area (Å²) in [6.07, 6.45) is 1.68. The summed E-state index contributed by atoms with van der Waals surface area (Å²) < 4.78 is 1.20. The normalized spacial score (nSPS) is 15.1. The molecular weight excluding hydrogens is 410 g/mol. The summed E-state index contributed by atoms with van der Waals surface area (Å²) in [5.41, 5.74) is 3.04. The molecule has 2 heterocycles. The minimum Gasteiger partial charge on any atom is -0.301 e. The number of benzene rings is 2. The number of carbonyl (C=O) groups excluding carboxylic acids is 1. The average Bonchev–Trinajstić information content (AvgIpc) is 3.22. The third-order valence-electron chi connectivity index (χ3n) is 5.85. The van der Waals surface area contributed by atoms with Crippen molar-refractivity contribution in [2.24, 2.45) is 0 Å². The summed E-state index contributed by atoms with van der Waals surface area (Å²) in [6.45, 7) is 5.72. The molecule has 7 heteroatoms. The first-order chi connectivity index (χ1) is 15.1. The molecule has 0 saturated carbocycles. The first-order valence-electron chi connectivity index (χ1n) is 10.5. The molecule has 31 heavy (non-hydrogen) atoms. The molecule has 6 nitrogen and oxygen atoms in total. The van der Waals surface area contributed by atoms with Gasteiger partial charge in [0.2, 0.25) is 0 Å². The fraction of sp³-hybridized carbons (Fsp3) is 0.333. The van der Waals surface area contributed by atoms with Crippen LogP contribution in [0.4, 0.5) is 5.69 Å². The Kier molecular flexibility index (Phi) is 6.89. The van der Waals surface area contributed by atoms with Crippen LogP contribution in [0, 0.1) is 10.1 Å².